The first kappa shape index (κ1) is 15.8. The van der Waals surface area contributed by atoms with E-state index in [2.05, 4.69) is 10.5 Å². The Hall–Kier alpha value is -2.67. The van der Waals surface area contributed by atoms with Crippen LogP contribution in [0.25, 0.3) is 10.7 Å². The lowest BCUT2D eigenvalue weighted by molar-refractivity contribution is -0.125. The summed E-state index contributed by atoms with van der Waals surface area (Å²) in [5.74, 6) is -0.454. The largest absolute Gasteiger partial charge is 0.442 e. The molecule has 0 aliphatic heterocycles. The first-order valence-corrected chi connectivity index (χ1v) is 9.03. The van der Waals surface area contributed by atoms with Crippen molar-refractivity contribution in [3.8, 4) is 10.7 Å². The lowest BCUT2D eigenvalue weighted by Gasteiger charge is -2.43. The number of rotatable bonds is 5. The number of benzene rings is 1. The summed E-state index contributed by atoms with van der Waals surface area (Å²) in [5.41, 5.74) is 0.771. The fourth-order valence-electron chi connectivity index (χ4n) is 3.21. The van der Waals surface area contributed by atoms with Crippen molar-refractivity contribution in [1.82, 2.24) is 15.0 Å². The molecule has 128 valence electrons. The van der Waals surface area contributed by atoms with Crippen LogP contribution in [0.15, 0.2) is 57.2 Å². The number of carbonyl (C=O) groups is 1. The summed E-state index contributed by atoms with van der Waals surface area (Å²) in [6, 6.07) is 13.7. The molecule has 3 aromatic rings. The monoisotopic (exact) mass is 355 g/mol. The molecule has 0 spiro atoms. The van der Waals surface area contributed by atoms with Gasteiger partial charge >= 0.3 is 5.76 Å². The molecule has 0 radical (unpaired) electrons. The minimum Gasteiger partial charge on any atom is -0.345 e. The number of thiophene rings is 1. The van der Waals surface area contributed by atoms with E-state index in [1.165, 1.54) is 15.9 Å². The minimum atomic E-state index is -0.624. The molecule has 2 heterocycles. The van der Waals surface area contributed by atoms with Gasteiger partial charge in [0.1, 0.15) is 6.54 Å². The van der Waals surface area contributed by atoms with E-state index in [0.717, 1.165) is 29.7 Å². The highest BCUT2D eigenvalue weighted by atomic mass is 32.1. The van der Waals surface area contributed by atoms with Gasteiger partial charge in [0.2, 0.25) is 5.91 Å². The second-order valence-electron chi connectivity index (χ2n) is 6.19. The Morgan fingerprint density at radius 3 is 2.68 bits per heavy atom. The van der Waals surface area contributed by atoms with E-state index >= 15 is 0 Å². The van der Waals surface area contributed by atoms with Crippen molar-refractivity contribution >= 4 is 17.2 Å². The van der Waals surface area contributed by atoms with Crippen molar-refractivity contribution < 1.29 is 9.32 Å². The minimum absolute atomic E-state index is 0.107. The third-order valence-electron chi connectivity index (χ3n) is 4.64. The van der Waals surface area contributed by atoms with Crippen LogP contribution in [-0.2, 0) is 16.9 Å². The van der Waals surface area contributed by atoms with Gasteiger partial charge in [-0.2, -0.15) is 0 Å². The molecule has 4 rings (SSSR count). The third kappa shape index (κ3) is 2.91. The van der Waals surface area contributed by atoms with Crippen LogP contribution in [0.3, 0.4) is 0 Å². The molecule has 1 aliphatic carbocycles. The summed E-state index contributed by atoms with van der Waals surface area (Å²) >= 11 is 1.44. The predicted octanol–water partition coefficient (Wildman–Crippen LogP) is 2.76. The summed E-state index contributed by atoms with van der Waals surface area (Å²) in [6.45, 7) is -0.107. The van der Waals surface area contributed by atoms with Crippen LogP contribution >= 0.6 is 11.3 Å². The van der Waals surface area contributed by atoms with Gasteiger partial charge in [-0.05, 0) is 36.3 Å². The second kappa shape index (κ2) is 6.33. The molecule has 1 aliphatic rings. The summed E-state index contributed by atoms with van der Waals surface area (Å²) in [4.78, 5) is 25.4. The summed E-state index contributed by atoms with van der Waals surface area (Å²) in [7, 11) is 0. The summed E-state index contributed by atoms with van der Waals surface area (Å²) in [6.07, 6.45) is 2.88. The molecule has 1 fully saturated rings. The molecule has 2 aromatic heterocycles. The Bertz CT molecular complexity index is 924. The quantitative estimate of drug-likeness (QED) is 0.763. The maximum Gasteiger partial charge on any atom is 0.442 e. The van der Waals surface area contributed by atoms with Crippen molar-refractivity contribution in [2.75, 3.05) is 0 Å². The zero-order chi connectivity index (χ0) is 17.3. The van der Waals surface area contributed by atoms with Crippen molar-refractivity contribution in [3.63, 3.8) is 0 Å². The molecule has 1 saturated carbocycles. The van der Waals surface area contributed by atoms with E-state index < -0.39 is 5.76 Å². The highest BCUT2D eigenvalue weighted by molar-refractivity contribution is 7.13. The third-order valence-corrected chi connectivity index (χ3v) is 5.51. The van der Waals surface area contributed by atoms with Crippen molar-refractivity contribution in [3.05, 3.63) is 64.0 Å². The molecule has 0 atom stereocenters. The van der Waals surface area contributed by atoms with E-state index in [1.807, 2.05) is 47.8 Å². The van der Waals surface area contributed by atoms with Gasteiger partial charge in [0, 0.05) is 0 Å². The van der Waals surface area contributed by atoms with E-state index in [9.17, 15) is 9.59 Å². The number of aromatic nitrogens is 2. The molecular formula is C18H17N3O3S. The molecule has 6 nitrogen and oxygen atoms in total. The van der Waals surface area contributed by atoms with E-state index in [-0.39, 0.29) is 18.0 Å². The molecule has 0 bridgehead atoms. The van der Waals surface area contributed by atoms with Gasteiger partial charge in [0.25, 0.3) is 0 Å². The predicted molar refractivity (Wildman–Crippen MR) is 94.2 cm³/mol. The Labute approximate surface area is 148 Å². The number of nitrogens with one attached hydrogen (secondary N) is 1. The molecule has 7 heteroatoms. The smallest absolute Gasteiger partial charge is 0.345 e. The average Bonchev–Trinajstić information content (AvgIpc) is 3.23. The average molecular weight is 355 g/mol. The van der Waals surface area contributed by atoms with Crippen LogP contribution < -0.4 is 11.1 Å². The molecule has 1 N–H and O–H groups in total. The van der Waals surface area contributed by atoms with E-state index in [0.29, 0.717) is 5.82 Å². The van der Waals surface area contributed by atoms with Crippen LogP contribution in [0, 0.1) is 0 Å². The molecule has 0 saturated heterocycles. The van der Waals surface area contributed by atoms with Crippen LogP contribution in [0.4, 0.5) is 0 Å². The SMILES string of the molecule is O=C(Cn1c(-c2cccs2)noc1=O)NC1(c2ccccc2)CCC1. The Kier molecular flexibility index (Phi) is 4.01. The van der Waals surface area contributed by atoms with Crippen molar-refractivity contribution in [2.24, 2.45) is 0 Å². The molecular weight excluding hydrogens is 338 g/mol. The number of hydrogen-bond donors (Lipinski definition) is 1. The topological polar surface area (TPSA) is 77.1 Å². The summed E-state index contributed by atoms with van der Waals surface area (Å²) < 4.78 is 6.04. The van der Waals surface area contributed by atoms with Gasteiger partial charge in [-0.25, -0.2) is 9.36 Å². The van der Waals surface area contributed by atoms with Gasteiger partial charge in [-0.3, -0.25) is 9.32 Å². The van der Waals surface area contributed by atoms with Gasteiger partial charge in [-0.1, -0.05) is 41.6 Å². The first-order chi connectivity index (χ1) is 12.2. The highest BCUT2D eigenvalue weighted by Gasteiger charge is 2.40. The highest BCUT2D eigenvalue weighted by Crippen LogP contribution is 2.41. The summed E-state index contributed by atoms with van der Waals surface area (Å²) in [5, 5.41) is 8.81. The molecule has 1 aromatic carbocycles. The molecule has 1 amide bonds. The lowest BCUT2D eigenvalue weighted by Crippen LogP contribution is -2.52. The zero-order valence-electron chi connectivity index (χ0n) is 13.5. The van der Waals surface area contributed by atoms with Gasteiger partial charge in [0.15, 0.2) is 5.82 Å². The van der Waals surface area contributed by atoms with Gasteiger partial charge < -0.3 is 5.32 Å². The fraction of sp³-hybridized carbons (Fsp3) is 0.278. The van der Waals surface area contributed by atoms with E-state index in [4.69, 9.17) is 4.52 Å². The number of nitrogens with zero attached hydrogens (tertiary/aromatic N) is 2. The first-order valence-electron chi connectivity index (χ1n) is 8.15. The zero-order valence-corrected chi connectivity index (χ0v) is 14.3. The van der Waals surface area contributed by atoms with Crippen molar-refractivity contribution in [2.45, 2.75) is 31.3 Å². The van der Waals surface area contributed by atoms with Gasteiger partial charge in [0.05, 0.1) is 10.4 Å². The van der Waals surface area contributed by atoms with Gasteiger partial charge in [-0.15, -0.1) is 11.3 Å². The fourth-order valence-corrected chi connectivity index (χ4v) is 3.93. The number of hydrogen-bond acceptors (Lipinski definition) is 5. The maximum absolute atomic E-state index is 12.6. The lowest BCUT2D eigenvalue weighted by atomic mass is 9.72. The Balaban J connectivity index is 1.56. The molecule has 0 unspecified atom stereocenters. The van der Waals surface area contributed by atoms with Crippen molar-refractivity contribution in [1.29, 1.82) is 0 Å². The normalized spacial score (nSPS) is 15.5. The van der Waals surface area contributed by atoms with Crippen LogP contribution in [0.1, 0.15) is 24.8 Å². The maximum atomic E-state index is 12.6. The second-order valence-corrected chi connectivity index (χ2v) is 7.13. The number of amides is 1. The van der Waals surface area contributed by atoms with E-state index in [1.54, 1.807) is 0 Å². The standard InChI is InChI=1S/C18H17N3O3S/c22-15(19-18(9-5-10-18)13-6-2-1-3-7-13)12-21-16(20-24-17(21)23)14-8-4-11-25-14/h1-4,6-8,11H,5,9-10,12H2,(H,19,22). The molecule has 25 heavy (non-hydrogen) atoms. The van der Waals surface area contributed by atoms with Crippen LogP contribution in [0.5, 0.6) is 0 Å². The van der Waals surface area contributed by atoms with Crippen LogP contribution in [0.2, 0.25) is 0 Å². The number of carbonyl (C=O) groups excluding carboxylic acids is 1. The van der Waals surface area contributed by atoms with Crippen LogP contribution in [-0.4, -0.2) is 15.6 Å². The Morgan fingerprint density at radius 2 is 2.04 bits per heavy atom. The Morgan fingerprint density at radius 1 is 1.24 bits per heavy atom.